The Morgan fingerprint density at radius 1 is 1.44 bits per heavy atom. The van der Waals surface area contributed by atoms with Crippen LogP contribution in [0.3, 0.4) is 0 Å². The summed E-state index contributed by atoms with van der Waals surface area (Å²) in [7, 11) is 2.06. The van der Waals surface area contributed by atoms with E-state index in [4.69, 9.17) is 4.74 Å². The summed E-state index contributed by atoms with van der Waals surface area (Å²) in [5, 5.41) is 4.34. The molecule has 1 atom stereocenters. The number of hydrogen-bond acceptors (Lipinski definition) is 3. The first-order chi connectivity index (χ1) is 7.90. The van der Waals surface area contributed by atoms with Gasteiger partial charge in [-0.2, -0.15) is 11.8 Å². The van der Waals surface area contributed by atoms with Crippen molar-refractivity contribution in [1.29, 1.82) is 0 Å². The molecule has 16 heavy (non-hydrogen) atoms. The summed E-state index contributed by atoms with van der Waals surface area (Å²) in [5.41, 5.74) is 1.46. The minimum absolute atomic E-state index is 0.519. The lowest BCUT2D eigenvalue weighted by Gasteiger charge is -2.23. The van der Waals surface area contributed by atoms with Gasteiger partial charge in [0.25, 0.3) is 0 Å². The fourth-order valence-electron chi connectivity index (χ4n) is 2.50. The maximum atomic E-state index is 5.43. The van der Waals surface area contributed by atoms with E-state index in [9.17, 15) is 0 Å². The van der Waals surface area contributed by atoms with E-state index in [0.717, 1.165) is 11.9 Å². The smallest absolute Gasteiger partial charge is 0.0876 e. The van der Waals surface area contributed by atoms with Gasteiger partial charge in [0.15, 0.2) is 0 Å². The van der Waals surface area contributed by atoms with Crippen molar-refractivity contribution in [2.45, 2.75) is 49.8 Å². The van der Waals surface area contributed by atoms with Crippen molar-refractivity contribution >= 4 is 11.8 Å². The van der Waals surface area contributed by atoms with E-state index in [1.807, 2.05) is 6.26 Å². The second-order valence-corrected chi connectivity index (χ2v) is 6.08. The third-order valence-electron chi connectivity index (χ3n) is 3.56. The average Bonchev–Trinajstić information content (AvgIpc) is 2.84. The van der Waals surface area contributed by atoms with Crippen molar-refractivity contribution < 1.29 is 4.74 Å². The summed E-state index contributed by atoms with van der Waals surface area (Å²) in [6.45, 7) is 0.899. The molecule has 2 rings (SSSR count). The first-order valence-corrected chi connectivity index (χ1v) is 7.54. The second kappa shape index (κ2) is 6.55. The maximum Gasteiger partial charge on any atom is 0.0876 e. The standard InChI is InChI=1S/C13H23NOS/c1-14-13(11-5-4-8-15-9-11)10-16-12-6-2-3-7-12/h9,12-14H,2-8,10H2,1H3. The zero-order valence-electron chi connectivity index (χ0n) is 10.2. The van der Waals surface area contributed by atoms with Crippen LogP contribution >= 0.6 is 11.8 Å². The molecule has 0 radical (unpaired) electrons. The molecule has 2 aliphatic rings. The van der Waals surface area contributed by atoms with Crippen LogP contribution in [0.25, 0.3) is 0 Å². The van der Waals surface area contributed by atoms with Crippen LogP contribution in [0.5, 0.6) is 0 Å². The monoisotopic (exact) mass is 241 g/mol. The molecule has 0 spiro atoms. The highest BCUT2D eigenvalue weighted by Gasteiger charge is 2.20. The molecule has 0 aromatic carbocycles. The molecule has 0 aromatic heterocycles. The topological polar surface area (TPSA) is 21.3 Å². The molecule has 1 N–H and O–H groups in total. The summed E-state index contributed by atoms with van der Waals surface area (Å²) in [6, 6.07) is 0.519. The van der Waals surface area contributed by atoms with Gasteiger partial charge in [0, 0.05) is 17.0 Å². The van der Waals surface area contributed by atoms with Crippen LogP contribution in [0.2, 0.25) is 0 Å². The van der Waals surface area contributed by atoms with Crippen molar-refractivity contribution in [3.63, 3.8) is 0 Å². The van der Waals surface area contributed by atoms with Gasteiger partial charge >= 0.3 is 0 Å². The molecule has 0 bridgehead atoms. The number of ether oxygens (including phenoxy) is 1. The Morgan fingerprint density at radius 2 is 2.25 bits per heavy atom. The molecule has 1 aliphatic heterocycles. The fraction of sp³-hybridized carbons (Fsp3) is 0.846. The van der Waals surface area contributed by atoms with Gasteiger partial charge in [-0.15, -0.1) is 0 Å². The summed E-state index contributed by atoms with van der Waals surface area (Å²) < 4.78 is 5.43. The van der Waals surface area contributed by atoms with Crippen LogP contribution in [0.15, 0.2) is 11.8 Å². The largest absolute Gasteiger partial charge is 0.501 e. The van der Waals surface area contributed by atoms with Crippen molar-refractivity contribution in [2.24, 2.45) is 0 Å². The van der Waals surface area contributed by atoms with Gasteiger partial charge in [0.1, 0.15) is 0 Å². The Morgan fingerprint density at radius 3 is 2.88 bits per heavy atom. The van der Waals surface area contributed by atoms with Gasteiger partial charge in [0.2, 0.25) is 0 Å². The minimum atomic E-state index is 0.519. The van der Waals surface area contributed by atoms with Gasteiger partial charge in [-0.25, -0.2) is 0 Å². The summed E-state index contributed by atoms with van der Waals surface area (Å²) in [6.07, 6.45) is 10.1. The number of hydrogen-bond donors (Lipinski definition) is 1. The molecular weight excluding hydrogens is 218 g/mol. The van der Waals surface area contributed by atoms with Crippen molar-refractivity contribution in [1.82, 2.24) is 5.32 Å². The average molecular weight is 241 g/mol. The van der Waals surface area contributed by atoms with Crippen LogP contribution in [0.4, 0.5) is 0 Å². The molecule has 1 saturated carbocycles. The first-order valence-electron chi connectivity index (χ1n) is 6.49. The molecule has 0 saturated heterocycles. The van der Waals surface area contributed by atoms with E-state index >= 15 is 0 Å². The predicted octanol–water partition coefficient (Wildman–Crippen LogP) is 2.94. The highest BCUT2D eigenvalue weighted by Crippen LogP contribution is 2.31. The van der Waals surface area contributed by atoms with Crippen LogP contribution in [0.1, 0.15) is 38.5 Å². The molecule has 0 aromatic rings. The first kappa shape index (κ1) is 12.3. The summed E-state index contributed by atoms with van der Waals surface area (Å²) >= 11 is 2.15. The van der Waals surface area contributed by atoms with Crippen LogP contribution in [-0.4, -0.2) is 30.7 Å². The molecule has 0 amide bonds. The third kappa shape index (κ3) is 3.42. The van der Waals surface area contributed by atoms with E-state index in [0.29, 0.717) is 6.04 Å². The molecule has 92 valence electrons. The third-order valence-corrected chi connectivity index (χ3v) is 5.03. The maximum absolute atomic E-state index is 5.43. The molecule has 2 nitrogen and oxygen atoms in total. The highest BCUT2D eigenvalue weighted by atomic mass is 32.2. The molecule has 3 heteroatoms. The van der Waals surface area contributed by atoms with Crippen LogP contribution in [0, 0.1) is 0 Å². The van der Waals surface area contributed by atoms with Crippen molar-refractivity contribution in [2.75, 3.05) is 19.4 Å². The van der Waals surface area contributed by atoms with E-state index in [1.165, 1.54) is 49.9 Å². The van der Waals surface area contributed by atoms with E-state index < -0.39 is 0 Å². The number of rotatable bonds is 5. The fourth-order valence-corrected chi connectivity index (χ4v) is 4.02. The molecule has 1 fully saturated rings. The highest BCUT2D eigenvalue weighted by molar-refractivity contribution is 7.99. The van der Waals surface area contributed by atoms with Crippen LogP contribution < -0.4 is 5.32 Å². The van der Waals surface area contributed by atoms with E-state index in [2.05, 4.69) is 24.1 Å². The SMILES string of the molecule is CNC(CSC1CCCC1)C1=COCCC1. The molecule has 1 heterocycles. The summed E-state index contributed by atoms with van der Waals surface area (Å²) in [5.74, 6) is 1.20. The normalized spacial score (nSPS) is 23.9. The Labute approximate surface area is 103 Å². The predicted molar refractivity (Wildman–Crippen MR) is 70.8 cm³/mol. The number of nitrogens with one attached hydrogen (secondary N) is 1. The zero-order chi connectivity index (χ0) is 11.2. The Balaban J connectivity index is 1.77. The molecular formula is C13H23NOS. The molecule has 1 unspecified atom stereocenters. The zero-order valence-corrected chi connectivity index (χ0v) is 11.0. The minimum Gasteiger partial charge on any atom is -0.501 e. The van der Waals surface area contributed by atoms with Crippen molar-refractivity contribution in [3.8, 4) is 0 Å². The Kier molecular flexibility index (Phi) is 5.04. The Bertz CT molecular complexity index is 236. The van der Waals surface area contributed by atoms with Gasteiger partial charge in [-0.05, 0) is 38.3 Å². The van der Waals surface area contributed by atoms with E-state index in [1.54, 1.807) is 0 Å². The van der Waals surface area contributed by atoms with E-state index in [-0.39, 0.29) is 0 Å². The van der Waals surface area contributed by atoms with Crippen LogP contribution in [-0.2, 0) is 4.74 Å². The quantitative estimate of drug-likeness (QED) is 0.799. The summed E-state index contributed by atoms with van der Waals surface area (Å²) in [4.78, 5) is 0. The van der Waals surface area contributed by atoms with Gasteiger partial charge in [0.05, 0.1) is 12.9 Å². The lowest BCUT2D eigenvalue weighted by Crippen LogP contribution is -2.31. The van der Waals surface area contributed by atoms with Gasteiger partial charge in [-0.3, -0.25) is 0 Å². The number of likely N-dealkylation sites (N-methyl/N-ethyl adjacent to an activating group) is 1. The lowest BCUT2D eigenvalue weighted by atomic mass is 10.0. The Hall–Kier alpha value is -0.150. The van der Waals surface area contributed by atoms with Gasteiger partial charge in [-0.1, -0.05) is 12.8 Å². The number of thioether (sulfide) groups is 1. The molecule has 1 aliphatic carbocycles. The second-order valence-electron chi connectivity index (χ2n) is 4.75. The van der Waals surface area contributed by atoms with Crippen molar-refractivity contribution in [3.05, 3.63) is 11.8 Å². The lowest BCUT2D eigenvalue weighted by molar-refractivity contribution is 0.221. The van der Waals surface area contributed by atoms with Gasteiger partial charge < -0.3 is 10.1 Å².